The molecule has 0 heterocycles. The Balaban J connectivity index is 2.96. The van der Waals surface area contributed by atoms with E-state index in [0.29, 0.717) is 0 Å². The van der Waals surface area contributed by atoms with Crippen LogP contribution in [0.15, 0.2) is 18.2 Å². The Hall–Kier alpha value is -2.07. The van der Waals surface area contributed by atoms with E-state index in [2.05, 4.69) is 11.8 Å². The molecule has 0 fully saturated rings. The predicted molar refractivity (Wildman–Crippen MR) is 60.7 cm³/mol. The number of halogens is 4. The van der Waals surface area contributed by atoms with Crippen molar-refractivity contribution in [3.05, 3.63) is 35.1 Å². The van der Waals surface area contributed by atoms with Gasteiger partial charge in [-0.15, -0.1) is 0 Å². The number of alkyl halides is 3. The Morgan fingerprint density at radius 3 is 2.63 bits per heavy atom. The van der Waals surface area contributed by atoms with Crippen molar-refractivity contribution < 1.29 is 22.4 Å². The highest BCUT2D eigenvalue weighted by Crippen LogP contribution is 2.14. The quantitative estimate of drug-likeness (QED) is 0.633. The zero-order chi connectivity index (χ0) is 14.5. The smallest absolute Gasteiger partial charge is 0.343 e. The molecule has 0 aliphatic heterocycles. The molecule has 102 valence electrons. The minimum atomic E-state index is -4.52. The molecular formula is C12H10F4N2O. The lowest BCUT2D eigenvalue weighted by Gasteiger charge is -2.09. The van der Waals surface area contributed by atoms with Crippen LogP contribution in [0.1, 0.15) is 15.9 Å². The van der Waals surface area contributed by atoms with Crippen LogP contribution < -0.4 is 11.1 Å². The van der Waals surface area contributed by atoms with Gasteiger partial charge in [0.05, 0.1) is 12.1 Å². The zero-order valence-electron chi connectivity index (χ0n) is 9.64. The number of rotatable bonds is 2. The highest BCUT2D eigenvalue weighted by Gasteiger charge is 2.28. The van der Waals surface area contributed by atoms with Crippen molar-refractivity contribution in [3.63, 3.8) is 0 Å². The van der Waals surface area contributed by atoms with E-state index in [1.165, 1.54) is 0 Å². The lowest BCUT2D eigenvalue weighted by molar-refractivity contribution is -0.123. The van der Waals surface area contributed by atoms with E-state index >= 15 is 0 Å². The third-order valence-corrected chi connectivity index (χ3v) is 2.00. The number of nitrogens with one attached hydrogen (secondary N) is 1. The van der Waals surface area contributed by atoms with Crippen LogP contribution in [-0.4, -0.2) is 25.2 Å². The number of amides is 1. The minimum Gasteiger partial charge on any atom is -0.343 e. The van der Waals surface area contributed by atoms with Gasteiger partial charge in [-0.3, -0.25) is 4.79 Å². The first-order valence-corrected chi connectivity index (χ1v) is 5.17. The Morgan fingerprint density at radius 2 is 2.05 bits per heavy atom. The van der Waals surface area contributed by atoms with Gasteiger partial charge < -0.3 is 11.1 Å². The second-order valence-electron chi connectivity index (χ2n) is 3.49. The van der Waals surface area contributed by atoms with Crippen molar-refractivity contribution in [2.75, 3.05) is 13.1 Å². The maximum absolute atomic E-state index is 13.0. The van der Waals surface area contributed by atoms with Gasteiger partial charge in [-0.05, 0) is 18.2 Å². The van der Waals surface area contributed by atoms with Gasteiger partial charge in [0.15, 0.2) is 0 Å². The van der Waals surface area contributed by atoms with Crippen LogP contribution in [0.2, 0.25) is 0 Å². The van der Waals surface area contributed by atoms with E-state index in [-0.39, 0.29) is 17.7 Å². The number of benzene rings is 1. The van der Waals surface area contributed by atoms with Crippen LogP contribution in [0, 0.1) is 17.7 Å². The summed E-state index contributed by atoms with van der Waals surface area (Å²) in [4.78, 5) is 11.6. The van der Waals surface area contributed by atoms with E-state index in [0.717, 1.165) is 18.2 Å². The number of hydrogen-bond donors (Lipinski definition) is 2. The first-order chi connectivity index (χ1) is 8.83. The molecule has 19 heavy (non-hydrogen) atoms. The molecule has 3 N–H and O–H groups in total. The molecular weight excluding hydrogens is 264 g/mol. The molecule has 1 aromatic carbocycles. The zero-order valence-corrected chi connectivity index (χ0v) is 9.64. The fourth-order valence-electron chi connectivity index (χ4n) is 1.24. The van der Waals surface area contributed by atoms with E-state index in [9.17, 15) is 22.4 Å². The summed E-state index contributed by atoms with van der Waals surface area (Å²) in [6.07, 6.45) is -4.52. The summed E-state index contributed by atoms with van der Waals surface area (Å²) in [6.45, 7) is -1.48. The maximum atomic E-state index is 13.0. The summed E-state index contributed by atoms with van der Waals surface area (Å²) in [7, 11) is 0. The summed E-state index contributed by atoms with van der Waals surface area (Å²) in [5.41, 5.74) is 5.00. The van der Waals surface area contributed by atoms with Crippen LogP contribution in [0.25, 0.3) is 0 Å². The SMILES string of the molecule is NCC#Cc1cc(F)ccc1C(=O)NCC(F)(F)F. The van der Waals surface area contributed by atoms with Crippen LogP contribution >= 0.6 is 0 Å². The van der Waals surface area contributed by atoms with Crippen LogP contribution in [-0.2, 0) is 0 Å². The van der Waals surface area contributed by atoms with E-state index in [4.69, 9.17) is 5.73 Å². The Morgan fingerprint density at radius 1 is 1.37 bits per heavy atom. The molecule has 1 rings (SSSR count). The van der Waals surface area contributed by atoms with Crippen LogP contribution in [0.4, 0.5) is 17.6 Å². The van der Waals surface area contributed by atoms with Crippen molar-refractivity contribution in [2.24, 2.45) is 5.73 Å². The van der Waals surface area contributed by atoms with Crippen LogP contribution in [0.3, 0.4) is 0 Å². The monoisotopic (exact) mass is 274 g/mol. The number of carbonyl (C=O) groups excluding carboxylic acids is 1. The first kappa shape index (κ1) is 15.0. The topological polar surface area (TPSA) is 55.1 Å². The minimum absolute atomic E-state index is 0.00914. The van der Waals surface area contributed by atoms with Crippen molar-refractivity contribution in [3.8, 4) is 11.8 Å². The predicted octanol–water partition coefficient (Wildman–Crippen LogP) is 1.43. The number of carbonyl (C=O) groups is 1. The first-order valence-electron chi connectivity index (χ1n) is 5.17. The van der Waals surface area contributed by atoms with Crippen molar-refractivity contribution in [1.82, 2.24) is 5.32 Å². The molecule has 0 saturated carbocycles. The highest BCUT2D eigenvalue weighted by molar-refractivity contribution is 5.96. The molecule has 0 aliphatic carbocycles. The van der Waals surface area contributed by atoms with E-state index < -0.39 is 24.4 Å². The van der Waals surface area contributed by atoms with E-state index in [1.54, 1.807) is 5.32 Å². The summed E-state index contributed by atoms with van der Waals surface area (Å²) >= 11 is 0. The molecule has 0 radical (unpaired) electrons. The molecule has 1 amide bonds. The number of nitrogens with two attached hydrogens (primary N) is 1. The van der Waals surface area contributed by atoms with Crippen molar-refractivity contribution >= 4 is 5.91 Å². The lowest BCUT2D eigenvalue weighted by atomic mass is 10.1. The van der Waals surface area contributed by atoms with Gasteiger partial charge in [-0.2, -0.15) is 13.2 Å². The molecule has 0 unspecified atom stereocenters. The lowest BCUT2D eigenvalue weighted by Crippen LogP contribution is -2.34. The molecule has 7 heteroatoms. The second-order valence-corrected chi connectivity index (χ2v) is 3.49. The summed E-state index contributed by atoms with van der Waals surface area (Å²) < 4.78 is 48.9. The van der Waals surface area contributed by atoms with Gasteiger partial charge >= 0.3 is 6.18 Å². The normalized spacial score (nSPS) is 10.6. The standard InChI is InChI=1S/C12H10F4N2O/c13-9-3-4-10(8(6-9)2-1-5-17)11(19)18-7-12(14,15)16/h3-4,6H,5,7,17H2,(H,18,19). The molecule has 1 aromatic rings. The molecule has 0 aromatic heterocycles. The van der Waals surface area contributed by atoms with Gasteiger partial charge in [0.25, 0.3) is 5.91 Å². The van der Waals surface area contributed by atoms with Gasteiger partial charge in [0, 0.05) is 5.56 Å². The Kier molecular flexibility index (Phi) is 4.89. The molecule has 3 nitrogen and oxygen atoms in total. The third kappa shape index (κ3) is 4.97. The Bertz CT molecular complexity index is 529. The fraction of sp³-hybridized carbons (Fsp3) is 0.250. The molecule has 0 aliphatic rings. The maximum Gasteiger partial charge on any atom is 0.405 e. The van der Waals surface area contributed by atoms with Crippen molar-refractivity contribution in [2.45, 2.75) is 6.18 Å². The largest absolute Gasteiger partial charge is 0.405 e. The van der Waals surface area contributed by atoms with Crippen LogP contribution in [0.5, 0.6) is 0 Å². The van der Waals surface area contributed by atoms with Gasteiger partial charge in [-0.25, -0.2) is 4.39 Å². The van der Waals surface area contributed by atoms with Gasteiger partial charge in [0.1, 0.15) is 12.4 Å². The molecule has 0 spiro atoms. The highest BCUT2D eigenvalue weighted by atomic mass is 19.4. The van der Waals surface area contributed by atoms with Crippen molar-refractivity contribution in [1.29, 1.82) is 0 Å². The Labute approximate surface area is 106 Å². The molecule has 0 atom stereocenters. The van der Waals surface area contributed by atoms with Gasteiger partial charge in [-0.1, -0.05) is 11.8 Å². The summed E-state index contributed by atoms with van der Waals surface area (Å²) in [5.74, 6) is 3.22. The van der Waals surface area contributed by atoms with E-state index in [1.807, 2.05) is 0 Å². The fourth-order valence-corrected chi connectivity index (χ4v) is 1.24. The molecule has 0 bridgehead atoms. The molecule has 0 saturated heterocycles. The third-order valence-electron chi connectivity index (χ3n) is 2.00. The van der Waals surface area contributed by atoms with Gasteiger partial charge in [0.2, 0.25) is 0 Å². The number of hydrogen-bond acceptors (Lipinski definition) is 2. The summed E-state index contributed by atoms with van der Waals surface area (Å²) in [5, 5.41) is 1.69. The second kappa shape index (κ2) is 6.20. The average Bonchev–Trinajstić information content (AvgIpc) is 2.32. The summed E-state index contributed by atoms with van der Waals surface area (Å²) in [6, 6.07) is 3.00. The average molecular weight is 274 g/mol.